The lowest BCUT2D eigenvalue weighted by Crippen LogP contribution is -2.30. The van der Waals surface area contributed by atoms with Gasteiger partial charge in [0.1, 0.15) is 6.61 Å². The molecule has 1 atom stereocenters. The minimum Gasteiger partial charge on any atom is -0.372 e. The third kappa shape index (κ3) is 3.55. The van der Waals surface area contributed by atoms with Gasteiger partial charge in [0.2, 0.25) is 5.91 Å². The van der Waals surface area contributed by atoms with E-state index in [4.69, 9.17) is 4.74 Å². The van der Waals surface area contributed by atoms with Crippen molar-refractivity contribution in [3.63, 3.8) is 0 Å². The summed E-state index contributed by atoms with van der Waals surface area (Å²) in [4.78, 5) is 11.6. The fourth-order valence-electron chi connectivity index (χ4n) is 2.04. The Morgan fingerprint density at radius 3 is 2.68 bits per heavy atom. The molecule has 1 unspecified atom stereocenters. The van der Waals surface area contributed by atoms with Crippen LogP contribution in [0.4, 0.5) is 0 Å². The monoisotopic (exact) mass is 257 g/mol. The lowest BCUT2D eigenvalue weighted by molar-refractivity contribution is -0.126. The molecule has 0 heterocycles. The molecule has 0 fully saturated rings. The van der Waals surface area contributed by atoms with E-state index in [2.05, 4.69) is 29.6 Å². The Morgan fingerprint density at radius 1 is 1.21 bits per heavy atom. The number of rotatable bonds is 5. The number of ether oxygens (including phenoxy) is 1. The number of nitrogens with one attached hydrogen (secondary N) is 1. The summed E-state index contributed by atoms with van der Waals surface area (Å²) in [5.74, 6) is -0.0810. The van der Waals surface area contributed by atoms with Crippen molar-refractivity contribution in [2.24, 2.45) is 0 Å². The molecule has 3 nitrogen and oxygen atoms in total. The average Bonchev–Trinajstić information content (AvgIpc) is 2.44. The molecule has 0 bridgehead atoms. The van der Waals surface area contributed by atoms with Crippen LogP contribution >= 0.6 is 0 Å². The molecule has 0 radical (unpaired) electrons. The fourth-order valence-corrected chi connectivity index (χ4v) is 2.04. The van der Waals surface area contributed by atoms with Crippen molar-refractivity contribution in [1.82, 2.24) is 5.32 Å². The summed E-state index contributed by atoms with van der Waals surface area (Å²) < 4.78 is 5.09. The fraction of sp³-hybridized carbons (Fsp3) is 0.312. The molecular weight excluding hydrogens is 238 g/mol. The number of hydrogen-bond acceptors (Lipinski definition) is 2. The predicted molar refractivity (Wildman–Crippen MR) is 77.0 cm³/mol. The van der Waals surface area contributed by atoms with Crippen molar-refractivity contribution in [3.8, 4) is 0 Å². The maximum atomic E-state index is 11.6. The molecule has 100 valence electrons. The number of benzene rings is 2. The van der Waals surface area contributed by atoms with Crippen LogP contribution in [0.5, 0.6) is 0 Å². The summed E-state index contributed by atoms with van der Waals surface area (Å²) in [6.45, 7) is 4.53. The second kappa shape index (κ2) is 6.34. The lowest BCUT2D eigenvalue weighted by Gasteiger charge is -2.15. The Bertz CT molecular complexity index is 565. The van der Waals surface area contributed by atoms with Crippen LogP contribution < -0.4 is 5.32 Å². The minimum absolute atomic E-state index is 0.0161. The van der Waals surface area contributed by atoms with Crippen LogP contribution in [0.2, 0.25) is 0 Å². The van der Waals surface area contributed by atoms with E-state index in [1.165, 1.54) is 10.8 Å². The molecule has 0 aliphatic rings. The van der Waals surface area contributed by atoms with Gasteiger partial charge in [-0.15, -0.1) is 0 Å². The molecule has 0 aliphatic carbocycles. The van der Waals surface area contributed by atoms with Crippen LogP contribution in [-0.4, -0.2) is 19.1 Å². The Balaban J connectivity index is 2.08. The molecule has 0 saturated carbocycles. The maximum absolute atomic E-state index is 11.6. The third-order valence-corrected chi connectivity index (χ3v) is 3.09. The van der Waals surface area contributed by atoms with Crippen molar-refractivity contribution in [1.29, 1.82) is 0 Å². The van der Waals surface area contributed by atoms with E-state index in [0.29, 0.717) is 6.61 Å². The minimum atomic E-state index is -0.0810. The van der Waals surface area contributed by atoms with Crippen LogP contribution in [0.3, 0.4) is 0 Å². The quantitative estimate of drug-likeness (QED) is 0.894. The highest BCUT2D eigenvalue weighted by Gasteiger charge is 2.09. The van der Waals surface area contributed by atoms with E-state index in [1.807, 2.05) is 32.0 Å². The molecule has 3 heteroatoms. The molecule has 0 aliphatic heterocycles. The molecule has 0 saturated heterocycles. The van der Waals surface area contributed by atoms with Gasteiger partial charge in [0.25, 0.3) is 0 Å². The average molecular weight is 257 g/mol. The zero-order chi connectivity index (χ0) is 13.7. The van der Waals surface area contributed by atoms with Crippen molar-refractivity contribution in [3.05, 3.63) is 48.0 Å². The molecule has 2 aromatic carbocycles. The van der Waals surface area contributed by atoms with Crippen molar-refractivity contribution in [2.45, 2.75) is 19.9 Å². The van der Waals surface area contributed by atoms with Crippen molar-refractivity contribution < 1.29 is 9.53 Å². The zero-order valence-corrected chi connectivity index (χ0v) is 11.3. The van der Waals surface area contributed by atoms with Crippen LogP contribution in [0.1, 0.15) is 25.5 Å². The molecule has 2 rings (SSSR count). The molecule has 0 aromatic heterocycles. The standard InChI is InChI=1S/C16H19NO2/c1-3-19-11-16(18)17-12(2)14-9-8-13-6-4-5-7-15(13)10-14/h4-10,12H,3,11H2,1-2H3,(H,17,18). The number of fused-ring (bicyclic) bond motifs is 1. The van der Waals surface area contributed by atoms with Gasteiger partial charge < -0.3 is 10.1 Å². The van der Waals surface area contributed by atoms with Crippen LogP contribution in [0.15, 0.2) is 42.5 Å². The normalized spacial score (nSPS) is 12.3. The molecule has 1 amide bonds. The van der Waals surface area contributed by atoms with Gasteiger partial charge >= 0.3 is 0 Å². The Labute approximate surface area is 113 Å². The first-order valence-electron chi connectivity index (χ1n) is 6.56. The summed E-state index contributed by atoms with van der Waals surface area (Å²) in [5, 5.41) is 5.33. The predicted octanol–water partition coefficient (Wildman–Crippen LogP) is 3.05. The van der Waals surface area contributed by atoms with E-state index in [1.54, 1.807) is 0 Å². The van der Waals surface area contributed by atoms with Gasteiger partial charge in [-0.25, -0.2) is 0 Å². The largest absolute Gasteiger partial charge is 0.372 e. The van der Waals surface area contributed by atoms with Crippen LogP contribution in [-0.2, 0) is 9.53 Å². The molecule has 1 N–H and O–H groups in total. The SMILES string of the molecule is CCOCC(=O)NC(C)c1ccc2ccccc2c1. The first-order valence-corrected chi connectivity index (χ1v) is 6.56. The van der Waals surface area contributed by atoms with E-state index < -0.39 is 0 Å². The van der Waals surface area contributed by atoms with E-state index in [0.717, 1.165) is 5.56 Å². The number of carbonyl (C=O) groups excluding carboxylic acids is 1. The van der Waals surface area contributed by atoms with E-state index >= 15 is 0 Å². The van der Waals surface area contributed by atoms with Crippen molar-refractivity contribution in [2.75, 3.05) is 13.2 Å². The first kappa shape index (κ1) is 13.6. The number of hydrogen-bond donors (Lipinski definition) is 1. The highest BCUT2D eigenvalue weighted by Crippen LogP contribution is 2.20. The molecule has 19 heavy (non-hydrogen) atoms. The van der Waals surface area contributed by atoms with Gasteiger partial charge in [0.15, 0.2) is 0 Å². The molecular formula is C16H19NO2. The lowest BCUT2D eigenvalue weighted by atomic mass is 10.0. The van der Waals surface area contributed by atoms with Gasteiger partial charge in [0.05, 0.1) is 6.04 Å². The van der Waals surface area contributed by atoms with Gasteiger partial charge in [-0.1, -0.05) is 36.4 Å². The maximum Gasteiger partial charge on any atom is 0.246 e. The number of carbonyl (C=O) groups is 1. The Hall–Kier alpha value is -1.87. The first-order chi connectivity index (χ1) is 9.20. The summed E-state index contributed by atoms with van der Waals surface area (Å²) >= 11 is 0. The zero-order valence-electron chi connectivity index (χ0n) is 11.3. The van der Waals surface area contributed by atoms with Gasteiger partial charge in [-0.05, 0) is 36.2 Å². The Morgan fingerprint density at radius 2 is 1.95 bits per heavy atom. The summed E-state index contributed by atoms with van der Waals surface area (Å²) in [6, 6.07) is 14.4. The Kier molecular flexibility index (Phi) is 4.53. The van der Waals surface area contributed by atoms with Crippen molar-refractivity contribution >= 4 is 16.7 Å². The highest BCUT2D eigenvalue weighted by molar-refractivity contribution is 5.83. The van der Waals surface area contributed by atoms with Gasteiger partial charge in [-0.3, -0.25) is 4.79 Å². The van der Waals surface area contributed by atoms with E-state index in [-0.39, 0.29) is 18.6 Å². The van der Waals surface area contributed by atoms with Crippen LogP contribution in [0, 0.1) is 0 Å². The summed E-state index contributed by atoms with van der Waals surface area (Å²) in [7, 11) is 0. The van der Waals surface area contributed by atoms with E-state index in [9.17, 15) is 4.79 Å². The second-order valence-electron chi connectivity index (χ2n) is 4.53. The topological polar surface area (TPSA) is 38.3 Å². The van der Waals surface area contributed by atoms with Crippen LogP contribution in [0.25, 0.3) is 10.8 Å². The smallest absolute Gasteiger partial charge is 0.246 e. The van der Waals surface area contributed by atoms with Gasteiger partial charge in [-0.2, -0.15) is 0 Å². The molecule has 2 aromatic rings. The summed E-state index contributed by atoms with van der Waals surface area (Å²) in [6.07, 6.45) is 0. The van der Waals surface area contributed by atoms with Gasteiger partial charge in [0, 0.05) is 6.61 Å². The highest BCUT2D eigenvalue weighted by atomic mass is 16.5. The number of amides is 1. The second-order valence-corrected chi connectivity index (χ2v) is 4.53. The molecule has 0 spiro atoms. The third-order valence-electron chi connectivity index (χ3n) is 3.09. The summed E-state index contributed by atoms with van der Waals surface area (Å²) in [5.41, 5.74) is 1.10.